The zero-order valence-electron chi connectivity index (χ0n) is 52.4. The first-order chi connectivity index (χ1) is 36.3. The quantitative estimate of drug-likeness (QED) is 0.120. The Kier molecular flexibility index (Phi) is 24.0. The first-order valence-electron chi connectivity index (χ1n) is 28.0. The highest BCUT2D eigenvalue weighted by atomic mass is 19.2. The number of hydrogen-bond donors (Lipinski definition) is 0. The Bertz CT molecular complexity index is 3010. The fraction of sp³-hybridized carbons (Fsp3) is 0.387. The molecule has 0 aliphatic rings. The molecule has 0 unspecified atom stereocenters. The highest BCUT2D eigenvalue weighted by Gasteiger charge is 2.30. The molecular weight excluding hydrogens is 977 g/mol. The van der Waals surface area contributed by atoms with E-state index in [0.29, 0.717) is 5.41 Å². The van der Waals surface area contributed by atoms with Crippen molar-refractivity contribution < 1.29 is 17.6 Å². The molecule has 0 saturated heterocycles. The Morgan fingerprint density at radius 1 is 0.316 bits per heavy atom. The van der Waals surface area contributed by atoms with E-state index < -0.39 is 39.8 Å². The van der Waals surface area contributed by atoms with E-state index in [1.54, 1.807) is 0 Å². The van der Waals surface area contributed by atoms with Gasteiger partial charge in [-0.05, 0) is 116 Å². The minimum absolute atomic E-state index is 0.187. The van der Waals surface area contributed by atoms with E-state index in [2.05, 4.69) is 294 Å². The van der Waals surface area contributed by atoms with Crippen LogP contribution in [0.4, 0.5) is 17.6 Å². The highest BCUT2D eigenvalue weighted by molar-refractivity contribution is 5.83. The van der Waals surface area contributed by atoms with Crippen LogP contribution in [0.3, 0.4) is 0 Å². The minimum atomic E-state index is -1.32. The van der Waals surface area contributed by atoms with Crippen LogP contribution in [0.5, 0.6) is 0 Å². The summed E-state index contributed by atoms with van der Waals surface area (Å²) in [6, 6.07) is 60.7. The first kappa shape index (κ1) is 67.0. The monoisotopic (exact) mass is 1070 g/mol. The number of rotatable bonds is 2. The lowest BCUT2D eigenvalue weighted by atomic mass is 9.82. The van der Waals surface area contributed by atoms with E-state index in [-0.39, 0.29) is 21.7 Å². The normalized spacial score (nSPS) is 11.7. The lowest BCUT2D eigenvalue weighted by molar-refractivity contribution is 0.398. The summed E-state index contributed by atoms with van der Waals surface area (Å²) in [5.41, 5.74) is 12.9. The third-order valence-electron chi connectivity index (χ3n) is 13.4. The minimum Gasteiger partial charge on any atom is -0.203 e. The molecule has 0 atom stereocenters. The molecule has 0 radical (unpaired) electrons. The topological polar surface area (TPSA) is 0 Å². The molecule has 0 nitrogen and oxygen atoms in total. The van der Waals surface area contributed by atoms with Crippen molar-refractivity contribution in [3.05, 3.63) is 249 Å². The first-order valence-corrected chi connectivity index (χ1v) is 28.0. The fourth-order valence-electron chi connectivity index (χ4n) is 8.49. The van der Waals surface area contributed by atoms with E-state index in [0.717, 1.165) is 13.3 Å². The number of fused-ring (bicyclic) bond motifs is 1. The lowest BCUT2D eigenvalue weighted by Crippen LogP contribution is -2.19. The highest BCUT2D eigenvalue weighted by Crippen LogP contribution is 2.34. The zero-order chi connectivity index (χ0) is 59.9. The van der Waals surface area contributed by atoms with Crippen molar-refractivity contribution in [2.75, 3.05) is 0 Å². The van der Waals surface area contributed by atoms with Crippen LogP contribution in [-0.2, 0) is 33.5 Å². The van der Waals surface area contributed by atoms with Crippen LogP contribution < -0.4 is 0 Å². The second-order valence-electron chi connectivity index (χ2n) is 27.4. The summed E-state index contributed by atoms with van der Waals surface area (Å²) < 4.78 is 53.2. The maximum atomic E-state index is 13.4. The smallest absolute Gasteiger partial charge is 0.165 e. The average Bonchev–Trinajstić information content (AvgIpc) is 3.40. The molecule has 0 heterocycles. The van der Waals surface area contributed by atoms with Crippen molar-refractivity contribution >= 4 is 10.8 Å². The summed E-state index contributed by atoms with van der Waals surface area (Å²) in [6.07, 6.45) is 1.16. The van der Waals surface area contributed by atoms with Crippen molar-refractivity contribution in [3.63, 3.8) is 0 Å². The summed E-state index contributed by atoms with van der Waals surface area (Å²) >= 11 is 0. The van der Waals surface area contributed by atoms with Gasteiger partial charge in [0.25, 0.3) is 0 Å². The molecule has 0 aliphatic heterocycles. The second kappa shape index (κ2) is 28.2. The Hall–Kier alpha value is -6.26. The molecular formula is C75H96F4. The maximum absolute atomic E-state index is 13.4. The maximum Gasteiger partial charge on any atom is 0.165 e. The third-order valence-corrected chi connectivity index (χ3v) is 13.4. The van der Waals surface area contributed by atoms with Gasteiger partial charge in [-0.3, -0.25) is 0 Å². The van der Waals surface area contributed by atoms with Gasteiger partial charge in [0, 0.05) is 11.1 Å². The van der Waals surface area contributed by atoms with Crippen molar-refractivity contribution in [1.82, 2.24) is 0 Å². The van der Waals surface area contributed by atoms with Gasteiger partial charge in [-0.1, -0.05) is 311 Å². The number of halogens is 4. The number of aryl methyl sites for hydroxylation is 3. The molecule has 0 bridgehead atoms. The van der Waals surface area contributed by atoms with Crippen molar-refractivity contribution in [2.45, 2.75) is 186 Å². The van der Waals surface area contributed by atoms with Gasteiger partial charge < -0.3 is 0 Å². The lowest BCUT2D eigenvalue weighted by Gasteiger charge is -2.23. The Morgan fingerprint density at radius 3 is 1.08 bits per heavy atom. The van der Waals surface area contributed by atoms with Crippen LogP contribution in [0.1, 0.15) is 180 Å². The zero-order valence-corrected chi connectivity index (χ0v) is 52.4. The molecule has 0 aliphatic carbocycles. The van der Waals surface area contributed by atoms with Crippen LogP contribution in [0, 0.1) is 56.4 Å². The van der Waals surface area contributed by atoms with Gasteiger partial charge in [0.1, 0.15) is 0 Å². The van der Waals surface area contributed by atoms with Crippen LogP contribution in [0.15, 0.2) is 170 Å². The summed E-state index contributed by atoms with van der Waals surface area (Å²) in [7, 11) is 0. The van der Waals surface area contributed by atoms with Gasteiger partial charge in [-0.15, -0.1) is 0 Å². The molecule has 4 heteroatoms. The molecule has 0 spiro atoms. The largest absolute Gasteiger partial charge is 0.203 e. The molecule has 0 amide bonds. The summed E-state index contributed by atoms with van der Waals surface area (Å²) in [5.74, 6) is -5.25. The molecule has 0 saturated carbocycles. The third kappa shape index (κ3) is 22.1. The average molecular weight is 1070 g/mol. The van der Waals surface area contributed by atoms with E-state index in [1.807, 2.05) is 0 Å². The predicted octanol–water partition coefficient (Wildman–Crippen LogP) is 22.8. The Balaban J connectivity index is 0.000000251. The number of benzene rings is 8. The second-order valence-corrected chi connectivity index (χ2v) is 27.4. The Morgan fingerprint density at radius 2 is 0.684 bits per heavy atom. The van der Waals surface area contributed by atoms with Gasteiger partial charge in [0.15, 0.2) is 23.3 Å². The summed E-state index contributed by atoms with van der Waals surface area (Å²) in [6.45, 7) is 45.6. The molecule has 0 fully saturated rings. The van der Waals surface area contributed by atoms with E-state index >= 15 is 0 Å². The Labute approximate surface area is 477 Å². The molecule has 8 aromatic carbocycles. The molecule has 8 rings (SSSR count). The van der Waals surface area contributed by atoms with Gasteiger partial charge in [0.05, 0.1) is 0 Å². The van der Waals surface area contributed by atoms with Crippen molar-refractivity contribution in [2.24, 2.45) is 5.41 Å². The molecule has 0 N–H and O–H groups in total. The van der Waals surface area contributed by atoms with Crippen LogP contribution >= 0.6 is 0 Å². The standard InChI is InChI=1S/C16H18.C14H16.C12H18.C11H12F4.2C11H16/c1-16(2,3)15-12-8-7-11-14(15)13-9-5-4-6-10-13;1-14(2,3)13-9-8-11-6-4-5-7-12(11)10-13;1-10-5-7-11(8-6-10)9-12(2,3)4;1-5-7(12)9(14)6(11(2,3)4)10(15)8(5)13;2*1-9-5-7-10(8-6-9)11(2,3)4/h4-12H,1-3H3;4-10H,1-3H3;5-8H,9H2,1-4H3;1-4H3;2*5-8H,1-4H3. The molecule has 79 heavy (non-hydrogen) atoms. The van der Waals surface area contributed by atoms with Crippen molar-refractivity contribution in [3.8, 4) is 11.1 Å². The van der Waals surface area contributed by atoms with Crippen molar-refractivity contribution in [1.29, 1.82) is 0 Å². The van der Waals surface area contributed by atoms with Crippen LogP contribution in [0.2, 0.25) is 0 Å². The molecule has 8 aromatic rings. The van der Waals surface area contributed by atoms with Gasteiger partial charge >= 0.3 is 0 Å². The van der Waals surface area contributed by atoms with Gasteiger partial charge in [-0.2, -0.15) is 0 Å². The van der Waals surface area contributed by atoms with E-state index in [9.17, 15) is 17.6 Å². The summed E-state index contributed by atoms with van der Waals surface area (Å²) in [4.78, 5) is 0. The van der Waals surface area contributed by atoms with Gasteiger partial charge in [0.2, 0.25) is 0 Å². The van der Waals surface area contributed by atoms with Crippen LogP contribution in [-0.4, -0.2) is 0 Å². The predicted molar refractivity (Wildman–Crippen MR) is 337 cm³/mol. The van der Waals surface area contributed by atoms with E-state index in [1.165, 1.54) is 87.2 Å². The number of hydrogen-bond acceptors (Lipinski definition) is 0. The molecule has 0 aromatic heterocycles. The molecule has 424 valence electrons. The SMILES string of the molecule is CC(C)(C)c1ccc2ccccc2c1.CC(C)(C)c1ccccc1-c1ccccc1.Cc1c(F)c(F)c(C(C)(C)C)c(F)c1F.Cc1ccc(C(C)(C)C)cc1.Cc1ccc(C(C)(C)C)cc1.Cc1ccc(CC(C)(C)C)cc1. The van der Waals surface area contributed by atoms with Crippen LogP contribution in [0.25, 0.3) is 21.9 Å². The van der Waals surface area contributed by atoms with Gasteiger partial charge in [-0.25, -0.2) is 17.6 Å². The fourth-order valence-corrected chi connectivity index (χ4v) is 8.49. The van der Waals surface area contributed by atoms with E-state index in [4.69, 9.17) is 0 Å². The summed E-state index contributed by atoms with van der Waals surface area (Å²) in [5, 5.41) is 2.65.